The average Bonchev–Trinajstić information content (AvgIpc) is 2.67. The van der Waals surface area contributed by atoms with Crippen molar-refractivity contribution in [1.82, 2.24) is 4.90 Å². The lowest BCUT2D eigenvalue weighted by Gasteiger charge is -2.09. The van der Waals surface area contributed by atoms with Crippen molar-refractivity contribution in [3.05, 3.63) is 40.3 Å². The van der Waals surface area contributed by atoms with Gasteiger partial charge in [-0.2, -0.15) is 0 Å². The highest BCUT2D eigenvalue weighted by Gasteiger charge is 2.34. The first-order valence-corrected chi connectivity index (χ1v) is 7.70. The number of amides is 2. The van der Waals surface area contributed by atoms with Crippen LogP contribution in [0.1, 0.15) is 44.2 Å². The summed E-state index contributed by atoms with van der Waals surface area (Å²) < 4.78 is 0. The zero-order valence-electron chi connectivity index (χ0n) is 12.1. The van der Waals surface area contributed by atoms with Crippen molar-refractivity contribution in [2.24, 2.45) is 0 Å². The second-order valence-corrected chi connectivity index (χ2v) is 6.15. The Labute approximate surface area is 124 Å². The van der Waals surface area contributed by atoms with Crippen LogP contribution in [0.2, 0.25) is 0 Å². The fourth-order valence-corrected chi connectivity index (χ4v) is 2.91. The van der Waals surface area contributed by atoms with Crippen LogP contribution in [0.15, 0.2) is 29.2 Å². The summed E-state index contributed by atoms with van der Waals surface area (Å²) in [6.45, 7) is 6.74. The molecule has 1 saturated heterocycles. The minimum atomic E-state index is -0.171. The molecule has 3 nitrogen and oxygen atoms in total. The molecule has 1 heterocycles. The molecule has 0 atom stereocenters. The van der Waals surface area contributed by atoms with E-state index >= 15 is 0 Å². The summed E-state index contributed by atoms with van der Waals surface area (Å²) in [7, 11) is 0. The molecule has 0 radical (unpaired) electrons. The smallest absolute Gasteiger partial charge is 0.268 e. The topological polar surface area (TPSA) is 37.4 Å². The fraction of sp³-hybridized carbons (Fsp3) is 0.375. The van der Waals surface area contributed by atoms with Gasteiger partial charge in [0.15, 0.2) is 0 Å². The largest absolute Gasteiger partial charge is 0.293 e. The minimum Gasteiger partial charge on any atom is -0.268 e. The molecule has 0 saturated carbocycles. The second-order valence-electron chi connectivity index (χ2n) is 5.15. The summed E-state index contributed by atoms with van der Waals surface area (Å²) in [5.41, 5.74) is 2.22. The summed E-state index contributed by atoms with van der Waals surface area (Å²) in [5, 5.41) is -0.165. The fourth-order valence-electron chi connectivity index (χ4n) is 2.04. The summed E-state index contributed by atoms with van der Waals surface area (Å²) in [4.78, 5) is 25.7. The first-order chi connectivity index (χ1) is 9.52. The van der Waals surface area contributed by atoms with Gasteiger partial charge < -0.3 is 0 Å². The predicted octanol–water partition coefficient (Wildman–Crippen LogP) is 4.26. The number of thioether (sulfide) groups is 1. The Morgan fingerprint density at radius 2 is 1.85 bits per heavy atom. The van der Waals surface area contributed by atoms with E-state index in [-0.39, 0.29) is 11.1 Å². The van der Waals surface area contributed by atoms with E-state index in [1.54, 1.807) is 6.08 Å². The minimum absolute atomic E-state index is 0.165. The molecule has 2 amide bonds. The lowest BCUT2D eigenvalue weighted by atomic mass is 10.0. The van der Waals surface area contributed by atoms with E-state index in [0.29, 0.717) is 17.4 Å². The van der Waals surface area contributed by atoms with Gasteiger partial charge in [0.25, 0.3) is 11.1 Å². The molecular formula is C16H19NO2S. The van der Waals surface area contributed by atoms with E-state index in [0.717, 1.165) is 23.7 Å². The molecule has 0 N–H and O–H groups in total. The van der Waals surface area contributed by atoms with Crippen molar-refractivity contribution < 1.29 is 9.59 Å². The molecule has 1 fully saturated rings. The van der Waals surface area contributed by atoms with E-state index in [9.17, 15) is 9.59 Å². The Hall–Kier alpha value is -1.55. The molecule has 1 aromatic rings. The van der Waals surface area contributed by atoms with E-state index in [1.807, 2.05) is 19.1 Å². The first-order valence-electron chi connectivity index (χ1n) is 6.88. The van der Waals surface area contributed by atoms with E-state index in [1.165, 1.54) is 10.5 Å². The van der Waals surface area contributed by atoms with Crippen LogP contribution in [0.5, 0.6) is 0 Å². The quantitative estimate of drug-likeness (QED) is 0.777. The monoisotopic (exact) mass is 289 g/mol. The van der Waals surface area contributed by atoms with Crippen molar-refractivity contribution in [2.75, 3.05) is 6.54 Å². The van der Waals surface area contributed by atoms with Gasteiger partial charge in [0.1, 0.15) is 0 Å². The van der Waals surface area contributed by atoms with E-state index < -0.39 is 0 Å². The molecule has 2 rings (SSSR count). The number of imide groups is 1. The maximum absolute atomic E-state index is 12.1. The third-order valence-electron chi connectivity index (χ3n) is 3.22. The number of rotatable bonds is 4. The van der Waals surface area contributed by atoms with Crippen LogP contribution in [0.4, 0.5) is 4.79 Å². The Morgan fingerprint density at radius 3 is 2.40 bits per heavy atom. The number of benzene rings is 1. The Balaban J connectivity index is 2.19. The third-order valence-corrected chi connectivity index (χ3v) is 4.13. The van der Waals surface area contributed by atoms with Gasteiger partial charge >= 0.3 is 0 Å². The zero-order valence-corrected chi connectivity index (χ0v) is 12.9. The van der Waals surface area contributed by atoms with Crippen LogP contribution < -0.4 is 0 Å². The zero-order chi connectivity index (χ0) is 14.7. The van der Waals surface area contributed by atoms with Crippen molar-refractivity contribution in [2.45, 2.75) is 33.1 Å². The van der Waals surface area contributed by atoms with Crippen LogP contribution in [-0.2, 0) is 4.79 Å². The average molecular weight is 289 g/mol. The summed E-state index contributed by atoms with van der Waals surface area (Å²) in [5.74, 6) is 0.315. The van der Waals surface area contributed by atoms with Gasteiger partial charge in [-0.1, -0.05) is 45.0 Å². The number of carbonyl (C=O) groups is 2. The van der Waals surface area contributed by atoms with E-state index in [4.69, 9.17) is 0 Å². The van der Waals surface area contributed by atoms with Crippen LogP contribution in [-0.4, -0.2) is 22.6 Å². The summed E-state index contributed by atoms with van der Waals surface area (Å²) in [6.07, 6.45) is 2.58. The second kappa shape index (κ2) is 6.27. The number of nitrogens with zero attached hydrogens (tertiary/aromatic N) is 1. The van der Waals surface area contributed by atoms with Crippen LogP contribution in [0.25, 0.3) is 6.08 Å². The van der Waals surface area contributed by atoms with E-state index in [2.05, 4.69) is 26.0 Å². The van der Waals surface area contributed by atoms with Gasteiger partial charge in [0.2, 0.25) is 0 Å². The summed E-state index contributed by atoms with van der Waals surface area (Å²) >= 11 is 1.03. The predicted molar refractivity (Wildman–Crippen MR) is 83.5 cm³/mol. The molecule has 4 heteroatoms. The molecule has 0 aliphatic carbocycles. The first kappa shape index (κ1) is 14.9. The van der Waals surface area contributed by atoms with Crippen LogP contribution >= 0.6 is 11.8 Å². The van der Waals surface area contributed by atoms with Crippen molar-refractivity contribution >= 4 is 29.0 Å². The molecule has 0 aromatic heterocycles. The highest BCUT2D eigenvalue weighted by molar-refractivity contribution is 8.18. The van der Waals surface area contributed by atoms with Crippen LogP contribution in [0, 0.1) is 0 Å². The SMILES string of the molecule is CCCN1C(=O)S/C(=C/c2ccc(C(C)C)cc2)C1=O. The Bertz CT molecular complexity index is 546. The molecule has 106 valence electrons. The molecule has 20 heavy (non-hydrogen) atoms. The van der Waals surface area contributed by atoms with Gasteiger partial charge in [0, 0.05) is 6.54 Å². The van der Waals surface area contributed by atoms with Crippen molar-refractivity contribution in [3.63, 3.8) is 0 Å². The third kappa shape index (κ3) is 3.12. The highest BCUT2D eigenvalue weighted by atomic mass is 32.2. The van der Waals surface area contributed by atoms with Gasteiger partial charge in [-0.25, -0.2) is 0 Å². The van der Waals surface area contributed by atoms with Crippen molar-refractivity contribution in [3.8, 4) is 0 Å². The molecule has 1 aromatic carbocycles. The van der Waals surface area contributed by atoms with Gasteiger partial charge in [-0.3, -0.25) is 14.5 Å². The Kier molecular flexibility index (Phi) is 4.65. The molecule has 0 spiro atoms. The van der Waals surface area contributed by atoms with Crippen molar-refractivity contribution in [1.29, 1.82) is 0 Å². The molecular weight excluding hydrogens is 270 g/mol. The van der Waals surface area contributed by atoms with Crippen LogP contribution in [0.3, 0.4) is 0 Å². The lowest BCUT2D eigenvalue weighted by molar-refractivity contribution is -0.122. The maximum atomic E-state index is 12.1. The number of hydrogen-bond donors (Lipinski definition) is 0. The molecule has 1 aliphatic rings. The Morgan fingerprint density at radius 1 is 1.20 bits per heavy atom. The normalized spacial score (nSPS) is 17.6. The van der Waals surface area contributed by atoms with Gasteiger partial charge in [0.05, 0.1) is 4.91 Å². The number of carbonyl (C=O) groups excluding carboxylic acids is 2. The highest BCUT2D eigenvalue weighted by Crippen LogP contribution is 2.32. The lowest BCUT2D eigenvalue weighted by Crippen LogP contribution is -2.28. The maximum Gasteiger partial charge on any atom is 0.293 e. The van der Waals surface area contributed by atoms with Gasteiger partial charge in [-0.05, 0) is 41.3 Å². The molecule has 1 aliphatic heterocycles. The molecule has 0 unspecified atom stereocenters. The summed E-state index contributed by atoms with van der Waals surface area (Å²) in [6, 6.07) is 8.10. The standard InChI is InChI=1S/C16H19NO2S/c1-4-9-17-15(18)14(20-16(17)19)10-12-5-7-13(8-6-12)11(2)3/h5-8,10-11H,4,9H2,1-3H3/b14-10+. The molecule has 0 bridgehead atoms. The van der Waals surface area contributed by atoms with Gasteiger partial charge in [-0.15, -0.1) is 0 Å². The number of hydrogen-bond acceptors (Lipinski definition) is 3.